The van der Waals surface area contributed by atoms with E-state index in [1.807, 2.05) is 0 Å². The number of hydrogen-bond donors (Lipinski definition) is 3. The summed E-state index contributed by atoms with van der Waals surface area (Å²) in [6.45, 7) is 3.61. The van der Waals surface area contributed by atoms with Gasteiger partial charge in [-0.25, -0.2) is 0 Å². The maximum absolute atomic E-state index is 9.73. The second-order valence-corrected chi connectivity index (χ2v) is 4.26. The molecule has 0 aliphatic heterocycles. The van der Waals surface area contributed by atoms with E-state index in [1.54, 1.807) is 0 Å². The van der Waals surface area contributed by atoms with E-state index in [1.165, 1.54) is 6.42 Å². The molecule has 4 nitrogen and oxygen atoms in total. The van der Waals surface area contributed by atoms with Crippen LogP contribution in [0.15, 0.2) is 4.99 Å². The number of guanidine groups is 1. The van der Waals surface area contributed by atoms with Crippen LogP contribution >= 0.6 is 0 Å². The van der Waals surface area contributed by atoms with E-state index in [0.717, 1.165) is 32.2 Å². The zero-order chi connectivity index (χ0) is 11.1. The highest BCUT2D eigenvalue weighted by Crippen LogP contribution is 2.24. The van der Waals surface area contributed by atoms with E-state index in [0.29, 0.717) is 18.4 Å². The lowest BCUT2D eigenvalue weighted by atomic mass is 9.87. The van der Waals surface area contributed by atoms with Crippen molar-refractivity contribution >= 4 is 5.96 Å². The molecule has 0 amide bonds. The number of aliphatic hydroxyl groups excluding tert-OH is 1. The van der Waals surface area contributed by atoms with E-state index in [-0.39, 0.29) is 6.10 Å². The van der Waals surface area contributed by atoms with Crippen molar-refractivity contribution in [3.05, 3.63) is 0 Å². The Hall–Kier alpha value is -0.770. The summed E-state index contributed by atoms with van der Waals surface area (Å²) in [5.41, 5.74) is 5.68. The largest absolute Gasteiger partial charge is 0.393 e. The minimum Gasteiger partial charge on any atom is -0.393 e. The third-order valence-electron chi connectivity index (χ3n) is 2.92. The van der Waals surface area contributed by atoms with Crippen LogP contribution in [0.3, 0.4) is 0 Å². The number of aliphatic imine (C=N–C) groups is 1. The summed E-state index contributed by atoms with van der Waals surface area (Å²) in [7, 11) is 0. The zero-order valence-corrected chi connectivity index (χ0v) is 9.58. The Balaban J connectivity index is 2.27. The molecule has 0 radical (unpaired) electrons. The van der Waals surface area contributed by atoms with Gasteiger partial charge in [0.1, 0.15) is 0 Å². The molecule has 0 aromatic rings. The minimum absolute atomic E-state index is 0.179. The summed E-state index contributed by atoms with van der Waals surface area (Å²) in [5, 5.41) is 12.8. The van der Waals surface area contributed by atoms with Crippen molar-refractivity contribution in [2.75, 3.05) is 13.1 Å². The van der Waals surface area contributed by atoms with Crippen LogP contribution in [0.4, 0.5) is 0 Å². The van der Waals surface area contributed by atoms with Gasteiger partial charge in [0.2, 0.25) is 0 Å². The number of nitrogens with one attached hydrogen (secondary N) is 1. The second-order valence-electron chi connectivity index (χ2n) is 4.26. The molecule has 0 aromatic carbocycles. The summed E-state index contributed by atoms with van der Waals surface area (Å²) in [6, 6.07) is 0. The third-order valence-corrected chi connectivity index (χ3v) is 2.92. The molecule has 2 unspecified atom stereocenters. The molecule has 2 atom stereocenters. The fourth-order valence-electron chi connectivity index (χ4n) is 1.93. The maximum atomic E-state index is 9.73. The highest BCUT2D eigenvalue weighted by Gasteiger charge is 2.22. The fraction of sp³-hybridized carbons (Fsp3) is 0.909. The Morgan fingerprint density at radius 2 is 2.20 bits per heavy atom. The van der Waals surface area contributed by atoms with Crippen LogP contribution in [-0.2, 0) is 0 Å². The average Bonchev–Trinajstić information content (AvgIpc) is 2.25. The van der Waals surface area contributed by atoms with Crippen molar-refractivity contribution < 1.29 is 5.11 Å². The molecule has 0 heterocycles. The first-order valence-corrected chi connectivity index (χ1v) is 5.96. The first-order valence-electron chi connectivity index (χ1n) is 5.96. The van der Waals surface area contributed by atoms with Gasteiger partial charge in [0.25, 0.3) is 0 Å². The van der Waals surface area contributed by atoms with E-state index in [9.17, 15) is 5.11 Å². The summed E-state index contributed by atoms with van der Waals surface area (Å²) in [4.78, 5) is 4.26. The van der Waals surface area contributed by atoms with Crippen LogP contribution in [0.2, 0.25) is 0 Å². The lowest BCUT2D eigenvalue weighted by Gasteiger charge is -2.26. The summed E-state index contributed by atoms with van der Waals surface area (Å²) in [6.07, 6.45) is 5.21. The quantitative estimate of drug-likeness (QED) is 0.479. The molecule has 1 saturated carbocycles. The first kappa shape index (κ1) is 12.3. The number of nitrogens with zero attached hydrogens (tertiary/aromatic N) is 1. The van der Waals surface area contributed by atoms with E-state index in [2.05, 4.69) is 17.2 Å². The standard InChI is InChI=1S/C11H23N3O/c1-2-7-13-11(12)14-8-9-5-3-4-6-10(9)15/h9-10,15H,2-8H2,1H3,(H3,12,13,14). The maximum Gasteiger partial charge on any atom is 0.188 e. The van der Waals surface area contributed by atoms with Crippen LogP contribution < -0.4 is 11.1 Å². The molecule has 88 valence electrons. The molecular formula is C11H23N3O. The Bertz CT molecular complexity index is 206. The van der Waals surface area contributed by atoms with Gasteiger partial charge in [0.15, 0.2) is 5.96 Å². The van der Waals surface area contributed by atoms with E-state index < -0.39 is 0 Å². The zero-order valence-electron chi connectivity index (χ0n) is 9.58. The van der Waals surface area contributed by atoms with Crippen LogP contribution in [-0.4, -0.2) is 30.3 Å². The summed E-state index contributed by atoms with van der Waals surface area (Å²) in [5.74, 6) is 0.815. The van der Waals surface area contributed by atoms with Gasteiger partial charge in [-0.15, -0.1) is 0 Å². The molecule has 0 aromatic heterocycles. The van der Waals surface area contributed by atoms with Gasteiger partial charge in [-0.05, 0) is 19.3 Å². The molecule has 1 aliphatic carbocycles. The van der Waals surface area contributed by atoms with E-state index >= 15 is 0 Å². The Labute approximate surface area is 92.0 Å². The van der Waals surface area contributed by atoms with Crippen molar-refractivity contribution in [1.82, 2.24) is 5.32 Å². The third kappa shape index (κ3) is 4.51. The Morgan fingerprint density at radius 3 is 2.87 bits per heavy atom. The van der Waals surface area contributed by atoms with Gasteiger partial charge in [-0.1, -0.05) is 19.8 Å². The van der Waals surface area contributed by atoms with Gasteiger partial charge in [-0.3, -0.25) is 4.99 Å². The molecular weight excluding hydrogens is 190 g/mol. The van der Waals surface area contributed by atoms with Gasteiger partial charge in [0.05, 0.1) is 6.10 Å². The highest BCUT2D eigenvalue weighted by atomic mass is 16.3. The Kier molecular flexibility index (Phi) is 5.47. The second kappa shape index (κ2) is 6.67. The summed E-state index contributed by atoms with van der Waals surface area (Å²) >= 11 is 0. The molecule has 4 N–H and O–H groups in total. The van der Waals surface area contributed by atoms with Crippen LogP contribution in [0, 0.1) is 5.92 Å². The van der Waals surface area contributed by atoms with Gasteiger partial charge >= 0.3 is 0 Å². The monoisotopic (exact) mass is 213 g/mol. The SMILES string of the molecule is CCCNC(N)=NCC1CCCCC1O. The first-order chi connectivity index (χ1) is 7.24. The van der Waals surface area contributed by atoms with Crippen molar-refractivity contribution in [1.29, 1.82) is 0 Å². The molecule has 0 saturated heterocycles. The lowest BCUT2D eigenvalue weighted by Crippen LogP contribution is -2.34. The lowest BCUT2D eigenvalue weighted by molar-refractivity contribution is 0.0745. The van der Waals surface area contributed by atoms with Crippen LogP contribution in [0.5, 0.6) is 0 Å². The predicted octanol–water partition coefficient (Wildman–Crippen LogP) is 0.852. The minimum atomic E-state index is -0.179. The molecule has 4 heteroatoms. The molecule has 1 aliphatic rings. The fourth-order valence-corrected chi connectivity index (χ4v) is 1.93. The predicted molar refractivity (Wildman–Crippen MR) is 62.7 cm³/mol. The van der Waals surface area contributed by atoms with Crippen molar-refractivity contribution in [3.8, 4) is 0 Å². The van der Waals surface area contributed by atoms with Crippen molar-refractivity contribution in [2.45, 2.75) is 45.1 Å². The van der Waals surface area contributed by atoms with Gasteiger partial charge < -0.3 is 16.2 Å². The molecule has 1 rings (SSSR count). The van der Waals surface area contributed by atoms with Crippen molar-refractivity contribution in [2.24, 2.45) is 16.6 Å². The summed E-state index contributed by atoms with van der Waals surface area (Å²) < 4.78 is 0. The average molecular weight is 213 g/mol. The van der Waals surface area contributed by atoms with Crippen molar-refractivity contribution in [3.63, 3.8) is 0 Å². The number of aliphatic hydroxyl groups is 1. The van der Waals surface area contributed by atoms with E-state index in [4.69, 9.17) is 5.73 Å². The Morgan fingerprint density at radius 1 is 1.47 bits per heavy atom. The molecule has 0 spiro atoms. The van der Waals surface area contributed by atoms with Crippen LogP contribution in [0.25, 0.3) is 0 Å². The number of nitrogens with two attached hydrogens (primary N) is 1. The smallest absolute Gasteiger partial charge is 0.188 e. The number of rotatable bonds is 4. The van der Waals surface area contributed by atoms with Gasteiger partial charge in [0, 0.05) is 19.0 Å². The number of hydrogen-bond acceptors (Lipinski definition) is 2. The van der Waals surface area contributed by atoms with Crippen LogP contribution in [0.1, 0.15) is 39.0 Å². The molecule has 0 bridgehead atoms. The molecule has 15 heavy (non-hydrogen) atoms. The normalized spacial score (nSPS) is 27.7. The molecule has 1 fully saturated rings. The topological polar surface area (TPSA) is 70.6 Å². The van der Waals surface area contributed by atoms with Gasteiger partial charge in [-0.2, -0.15) is 0 Å². The highest BCUT2D eigenvalue weighted by molar-refractivity contribution is 5.77.